The Kier molecular flexibility index (Phi) is 5.70. The summed E-state index contributed by atoms with van der Waals surface area (Å²) < 4.78 is 14.3. The number of halogens is 2. The minimum Gasteiger partial charge on any atom is -0.493 e. The van der Waals surface area contributed by atoms with Gasteiger partial charge in [0.2, 0.25) is 0 Å². The molecule has 0 amide bonds. The predicted molar refractivity (Wildman–Crippen MR) is 90.3 cm³/mol. The van der Waals surface area contributed by atoms with Crippen LogP contribution in [0.5, 0.6) is 11.5 Å². The molecule has 0 bridgehead atoms. The van der Waals surface area contributed by atoms with Crippen LogP contribution >= 0.6 is 31.9 Å². The highest BCUT2D eigenvalue weighted by molar-refractivity contribution is 9.10. The zero-order valence-electron chi connectivity index (χ0n) is 12.3. The Bertz CT molecular complexity index is 626. The van der Waals surface area contributed by atoms with Crippen LogP contribution in [0.25, 0.3) is 0 Å². The second-order valence-corrected chi connectivity index (χ2v) is 5.92. The maximum absolute atomic E-state index is 5.92. The number of nitrogens with zero attached hydrogens (tertiary/aromatic N) is 2. The number of aryl methyl sites for hydroxylation is 2. The van der Waals surface area contributed by atoms with Gasteiger partial charge >= 0.3 is 0 Å². The van der Waals surface area contributed by atoms with E-state index in [1.165, 1.54) is 0 Å². The summed E-state index contributed by atoms with van der Waals surface area (Å²) in [4.78, 5) is 0. The van der Waals surface area contributed by atoms with Crippen molar-refractivity contribution in [3.8, 4) is 11.5 Å². The fraction of sp³-hybridized carbons (Fsp3) is 0.400. The number of rotatable bonds is 6. The summed E-state index contributed by atoms with van der Waals surface area (Å²) in [5.41, 5.74) is 3.15. The van der Waals surface area contributed by atoms with Crippen molar-refractivity contribution in [1.29, 1.82) is 0 Å². The Morgan fingerprint density at radius 3 is 2.67 bits per heavy atom. The predicted octanol–water partition coefficient (Wildman–Crippen LogP) is 4.46. The van der Waals surface area contributed by atoms with Crippen molar-refractivity contribution < 1.29 is 9.47 Å². The Morgan fingerprint density at radius 2 is 2.05 bits per heavy atom. The second kappa shape index (κ2) is 7.31. The quantitative estimate of drug-likeness (QED) is 0.651. The Morgan fingerprint density at radius 1 is 1.29 bits per heavy atom. The van der Waals surface area contributed by atoms with Crippen molar-refractivity contribution in [3.63, 3.8) is 0 Å². The summed E-state index contributed by atoms with van der Waals surface area (Å²) in [7, 11) is 1.65. The van der Waals surface area contributed by atoms with Gasteiger partial charge in [0.05, 0.1) is 23.0 Å². The van der Waals surface area contributed by atoms with Crippen LogP contribution in [0.4, 0.5) is 0 Å². The molecule has 2 rings (SSSR count). The van der Waals surface area contributed by atoms with Crippen LogP contribution in [0, 0.1) is 6.92 Å². The van der Waals surface area contributed by atoms with E-state index < -0.39 is 0 Å². The number of alkyl halides is 1. The first kappa shape index (κ1) is 16.4. The van der Waals surface area contributed by atoms with Crippen LogP contribution in [0.2, 0.25) is 0 Å². The summed E-state index contributed by atoms with van der Waals surface area (Å²) in [5.74, 6) is 1.47. The van der Waals surface area contributed by atoms with Crippen LogP contribution in [0.3, 0.4) is 0 Å². The van der Waals surface area contributed by atoms with Crippen molar-refractivity contribution in [2.75, 3.05) is 7.11 Å². The van der Waals surface area contributed by atoms with Crippen LogP contribution in [-0.4, -0.2) is 16.9 Å². The van der Waals surface area contributed by atoms with Crippen molar-refractivity contribution in [2.45, 2.75) is 32.3 Å². The highest BCUT2D eigenvalue weighted by Gasteiger charge is 2.14. The molecule has 0 radical (unpaired) electrons. The van der Waals surface area contributed by atoms with Gasteiger partial charge in [-0.05, 0) is 47.5 Å². The van der Waals surface area contributed by atoms with E-state index in [0.717, 1.165) is 44.8 Å². The lowest BCUT2D eigenvalue weighted by Gasteiger charge is -2.12. The number of benzene rings is 1. The zero-order chi connectivity index (χ0) is 15.4. The average Bonchev–Trinajstić information content (AvgIpc) is 2.79. The van der Waals surface area contributed by atoms with E-state index in [0.29, 0.717) is 6.61 Å². The lowest BCUT2D eigenvalue weighted by Crippen LogP contribution is -2.07. The van der Waals surface area contributed by atoms with Gasteiger partial charge in [0.25, 0.3) is 0 Å². The minimum atomic E-state index is 0.444. The van der Waals surface area contributed by atoms with E-state index in [2.05, 4.69) is 43.9 Å². The van der Waals surface area contributed by atoms with Crippen molar-refractivity contribution in [1.82, 2.24) is 9.78 Å². The molecule has 1 heterocycles. The molecule has 0 saturated carbocycles. The maximum Gasteiger partial charge on any atom is 0.161 e. The van der Waals surface area contributed by atoms with Crippen molar-refractivity contribution in [2.24, 2.45) is 0 Å². The molecule has 2 aromatic rings. The van der Waals surface area contributed by atoms with E-state index >= 15 is 0 Å². The standard InChI is InChI=1S/C15H18Br2N2O2/c1-4-19-12(15(17)10(2)18-19)9-21-13-6-5-11(8-16)7-14(13)20-3/h5-7H,4,8-9H2,1-3H3. The fourth-order valence-electron chi connectivity index (χ4n) is 2.07. The zero-order valence-corrected chi connectivity index (χ0v) is 15.5. The van der Waals surface area contributed by atoms with E-state index in [4.69, 9.17) is 9.47 Å². The van der Waals surface area contributed by atoms with Gasteiger partial charge in [0.1, 0.15) is 6.61 Å². The molecule has 1 aromatic carbocycles. The smallest absolute Gasteiger partial charge is 0.161 e. The molecule has 0 fully saturated rings. The Labute approximate surface area is 141 Å². The van der Waals surface area contributed by atoms with Gasteiger partial charge in [0, 0.05) is 11.9 Å². The van der Waals surface area contributed by atoms with Gasteiger partial charge in [0.15, 0.2) is 11.5 Å². The fourth-order valence-corrected chi connectivity index (χ4v) is 2.81. The maximum atomic E-state index is 5.92. The largest absolute Gasteiger partial charge is 0.493 e. The highest BCUT2D eigenvalue weighted by Crippen LogP contribution is 2.30. The molecule has 21 heavy (non-hydrogen) atoms. The molecule has 0 aliphatic heterocycles. The number of aromatic nitrogens is 2. The Hall–Kier alpha value is -1.01. The summed E-state index contributed by atoms with van der Waals surface area (Å²) >= 11 is 7.01. The number of ether oxygens (including phenoxy) is 2. The lowest BCUT2D eigenvalue weighted by atomic mass is 10.2. The van der Waals surface area contributed by atoms with E-state index in [1.807, 2.05) is 29.8 Å². The molecule has 0 spiro atoms. The number of methoxy groups -OCH3 is 1. The van der Waals surface area contributed by atoms with Gasteiger partial charge in [-0.25, -0.2) is 0 Å². The lowest BCUT2D eigenvalue weighted by molar-refractivity contribution is 0.273. The van der Waals surface area contributed by atoms with Gasteiger partial charge in [-0.1, -0.05) is 22.0 Å². The highest BCUT2D eigenvalue weighted by atomic mass is 79.9. The van der Waals surface area contributed by atoms with Crippen LogP contribution < -0.4 is 9.47 Å². The molecule has 4 nitrogen and oxygen atoms in total. The first-order valence-electron chi connectivity index (χ1n) is 6.68. The molecule has 0 aliphatic rings. The molecule has 0 aliphatic carbocycles. The molecular formula is C15H18Br2N2O2. The summed E-state index contributed by atoms with van der Waals surface area (Å²) in [5, 5.41) is 5.25. The molecule has 0 saturated heterocycles. The van der Waals surface area contributed by atoms with Crippen molar-refractivity contribution >= 4 is 31.9 Å². The van der Waals surface area contributed by atoms with Gasteiger partial charge in [-0.3, -0.25) is 4.68 Å². The molecule has 0 unspecified atom stereocenters. The average molecular weight is 418 g/mol. The molecule has 114 valence electrons. The number of hydrogen-bond acceptors (Lipinski definition) is 3. The summed E-state index contributed by atoms with van der Waals surface area (Å²) in [6.07, 6.45) is 0. The first-order valence-corrected chi connectivity index (χ1v) is 8.59. The third kappa shape index (κ3) is 3.61. The topological polar surface area (TPSA) is 36.3 Å². The van der Waals surface area contributed by atoms with E-state index in [1.54, 1.807) is 7.11 Å². The minimum absolute atomic E-state index is 0.444. The van der Waals surface area contributed by atoms with Crippen LogP contribution in [0.1, 0.15) is 23.9 Å². The van der Waals surface area contributed by atoms with Gasteiger partial charge in [-0.15, -0.1) is 0 Å². The molecule has 6 heteroatoms. The number of hydrogen-bond donors (Lipinski definition) is 0. The van der Waals surface area contributed by atoms with Crippen LogP contribution in [-0.2, 0) is 18.5 Å². The first-order chi connectivity index (χ1) is 10.1. The molecule has 1 aromatic heterocycles. The molecule has 0 N–H and O–H groups in total. The SMILES string of the molecule is CCn1nc(C)c(Br)c1COc1ccc(CBr)cc1OC. The molecule has 0 atom stereocenters. The monoisotopic (exact) mass is 416 g/mol. The second-order valence-electron chi connectivity index (χ2n) is 4.57. The van der Waals surface area contributed by atoms with Crippen LogP contribution in [0.15, 0.2) is 22.7 Å². The van der Waals surface area contributed by atoms with E-state index in [9.17, 15) is 0 Å². The normalized spacial score (nSPS) is 10.7. The Balaban J connectivity index is 2.20. The molecular weight excluding hydrogens is 400 g/mol. The van der Waals surface area contributed by atoms with Gasteiger partial charge in [-0.2, -0.15) is 5.10 Å². The summed E-state index contributed by atoms with van der Waals surface area (Å²) in [6, 6.07) is 5.92. The van der Waals surface area contributed by atoms with Crippen molar-refractivity contribution in [3.05, 3.63) is 39.6 Å². The third-order valence-corrected chi connectivity index (χ3v) is 4.88. The summed E-state index contributed by atoms with van der Waals surface area (Å²) in [6.45, 7) is 5.29. The third-order valence-electron chi connectivity index (χ3n) is 3.20. The van der Waals surface area contributed by atoms with E-state index in [-0.39, 0.29) is 0 Å². The van der Waals surface area contributed by atoms with Gasteiger partial charge < -0.3 is 9.47 Å².